The number of aromatic nitrogens is 2. The lowest BCUT2D eigenvalue weighted by Crippen LogP contribution is -2.25. The smallest absolute Gasteiger partial charge is 0.255 e. The summed E-state index contributed by atoms with van der Waals surface area (Å²) in [6, 6.07) is 11.0. The topological polar surface area (TPSA) is 67.0 Å². The number of H-pyrrole nitrogens is 1. The van der Waals surface area contributed by atoms with Crippen LogP contribution in [0, 0.1) is 0 Å². The van der Waals surface area contributed by atoms with Crippen LogP contribution in [0.5, 0.6) is 5.75 Å². The molecule has 3 rings (SSSR count). The van der Waals surface area contributed by atoms with Crippen LogP contribution >= 0.6 is 39.1 Å². The molecule has 0 aliphatic rings. The quantitative estimate of drug-likeness (QED) is 0.527. The molecular formula is C19H16BrCl2N3O2. The fourth-order valence-corrected chi connectivity index (χ4v) is 3.50. The van der Waals surface area contributed by atoms with E-state index in [9.17, 15) is 4.79 Å². The van der Waals surface area contributed by atoms with Crippen molar-refractivity contribution < 1.29 is 9.53 Å². The average molecular weight is 469 g/mol. The number of aromatic amines is 1. The Balaban J connectivity index is 1.66. The summed E-state index contributed by atoms with van der Waals surface area (Å²) in [6.07, 6.45) is 2.19. The molecule has 140 valence electrons. The van der Waals surface area contributed by atoms with Crippen molar-refractivity contribution in [1.82, 2.24) is 15.5 Å². The van der Waals surface area contributed by atoms with Crippen molar-refractivity contribution in [2.24, 2.45) is 0 Å². The fraction of sp³-hybridized carbons (Fsp3) is 0.158. The third-order valence-electron chi connectivity index (χ3n) is 4.01. The van der Waals surface area contributed by atoms with Crippen LogP contribution in [0.15, 0.2) is 47.1 Å². The molecule has 0 saturated carbocycles. The monoisotopic (exact) mass is 467 g/mol. The Morgan fingerprint density at radius 1 is 1.22 bits per heavy atom. The van der Waals surface area contributed by atoms with Crippen LogP contribution in [0.4, 0.5) is 0 Å². The molecule has 1 aromatic heterocycles. The molecule has 0 radical (unpaired) electrons. The Morgan fingerprint density at radius 2 is 2.04 bits per heavy atom. The summed E-state index contributed by atoms with van der Waals surface area (Å²) >= 11 is 15.5. The van der Waals surface area contributed by atoms with Crippen molar-refractivity contribution in [3.8, 4) is 17.0 Å². The van der Waals surface area contributed by atoms with Crippen LogP contribution in [-0.2, 0) is 6.42 Å². The number of halogens is 3. The van der Waals surface area contributed by atoms with Gasteiger partial charge in [0.1, 0.15) is 5.75 Å². The highest BCUT2D eigenvalue weighted by atomic mass is 79.9. The van der Waals surface area contributed by atoms with Crippen molar-refractivity contribution in [2.75, 3.05) is 13.7 Å². The summed E-state index contributed by atoms with van der Waals surface area (Å²) in [5.74, 6) is 0.560. The minimum Gasteiger partial charge on any atom is -0.496 e. The minimum atomic E-state index is -0.211. The van der Waals surface area contributed by atoms with Crippen molar-refractivity contribution in [2.45, 2.75) is 6.42 Å². The van der Waals surface area contributed by atoms with Gasteiger partial charge >= 0.3 is 0 Å². The normalized spacial score (nSPS) is 10.7. The van der Waals surface area contributed by atoms with E-state index >= 15 is 0 Å². The first-order valence-corrected chi connectivity index (χ1v) is 9.64. The molecule has 0 unspecified atom stereocenters. The summed E-state index contributed by atoms with van der Waals surface area (Å²) in [6.45, 7) is 0.490. The van der Waals surface area contributed by atoms with Crippen molar-refractivity contribution in [1.29, 1.82) is 0 Å². The second kappa shape index (κ2) is 8.78. The molecule has 0 atom stereocenters. The van der Waals surface area contributed by atoms with E-state index in [-0.39, 0.29) is 5.91 Å². The van der Waals surface area contributed by atoms with E-state index in [0.717, 1.165) is 21.3 Å². The van der Waals surface area contributed by atoms with E-state index in [1.54, 1.807) is 25.3 Å². The van der Waals surface area contributed by atoms with Crippen LogP contribution in [0.3, 0.4) is 0 Å². The average Bonchev–Trinajstić information content (AvgIpc) is 3.14. The van der Waals surface area contributed by atoms with Gasteiger partial charge in [0.05, 0.1) is 39.1 Å². The Kier molecular flexibility index (Phi) is 6.42. The number of ether oxygens (including phenoxy) is 1. The number of carbonyl (C=O) groups is 1. The van der Waals surface area contributed by atoms with Crippen LogP contribution in [0.2, 0.25) is 10.0 Å². The van der Waals surface area contributed by atoms with Gasteiger partial charge in [0.2, 0.25) is 0 Å². The first-order chi connectivity index (χ1) is 13.0. The van der Waals surface area contributed by atoms with E-state index in [1.165, 1.54) is 6.20 Å². The van der Waals surface area contributed by atoms with Crippen LogP contribution < -0.4 is 10.1 Å². The lowest BCUT2D eigenvalue weighted by atomic mass is 10.1. The number of amides is 1. The molecule has 0 spiro atoms. The van der Waals surface area contributed by atoms with Crippen LogP contribution in [-0.4, -0.2) is 29.8 Å². The maximum absolute atomic E-state index is 12.5. The molecule has 27 heavy (non-hydrogen) atoms. The Morgan fingerprint density at radius 3 is 2.74 bits per heavy atom. The molecule has 1 amide bonds. The summed E-state index contributed by atoms with van der Waals surface area (Å²) in [5, 5.41) is 10.6. The van der Waals surface area contributed by atoms with E-state index < -0.39 is 0 Å². The molecular weight excluding hydrogens is 453 g/mol. The van der Waals surface area contributed by atoms with Gasteiger partial charge in [-0.15, -0.1) is 0 Å². The van der Waals surface area contributed by atoms with E-state index in [2.05, 4.69) is 31.4 Å². The number of hydrogen-bond acceptors (Lipinski definition) is 3. The molecule has 1 heterocycles. The van der Waals surface area contributed by atoms with Crippen molar-refractivity contribution in [3.63, 3.8) is 0 Å². The van der Waals surface area contributed by atoms with Gasteiger partial charge in [-0.2, -0.15) is 5.10 Å². The number of hydrogen-bond donors (Lipinski definition) is 2. The van der Waals surface area contributed by atoms with Gasteiger partial charge in [0, 0.05) is 12.1 Å². The largest absolute Gasteiger partial charge is 0.496 e. The number of nitrogens with one attached hydrogen (secondary N) is 2. The standard InChI is InChI=1S/C19H16BrCl2N3O2/c1-27-17-5-2-11(8-14(17)20)6-7-23-19(26)13-10-24-25-18(13)12-3-4-15(21)16(22)9-12/h2-5,8-10H,6-7H2,1H3,(H,23,26)(H,24,25). The Hall–Kier alpha value is -2.02. The maximum Gasteiger partial charge on any atom is 0.255 e. The van der Waals surface area contributed by atoms with Gasteiger partial charge in [-0.3, -0.25) is 9.89 Å². The maximum atomic E-state index is 12.5. The first-order valence-electron chi connectivity index (χ1n) is 8.09. The lowest BCUT2D eigenvalue weighted by Gasteiger charge is -2.08. The first kappa shape index (κ1) is 19.7. The molecule has 0 aliphatic carbocycles. The summed E-state index contributed by atoms with van der Waals surface area (Å²) in [4.78, 5) is 12.5. The highest BCUT2D eigenvalue weighted by Crippen LogP contribution is 2.29. The third kappa shape index (κ3) is 4.64. The van der Waals surface area contributed by atoms with Crippen molar-refractivity contribution in [3.05, 3.63) is 68.2 Å². The molecule has 0 saturated heterocycles. The summed E-state index contributed by atoms with van der Waals surface area (Å²) < 4.78 is 6.10. The highest BCUT2D eigenvalue weighted by Gasteiger charge is 2.16. The minimum absolute atomic E-state index is 0.211. The number of carbonyl (C=O) groups excluding carboxylic acids is 1. The fourth-order valence-electron chi connectivity index (χ4n) is 2.61. The zero-order valence-corrected chi connectivity index (χ0v) is 17.5. The molecule has 3 aromatic rings. The zero-order chi connectivity index (χ0) is 19.4. The molecule has 2 N–H and O–H groups in total. The van der Waals surface area contributed by atoms with E-state index in [4.69, 9.17) is 27.9 Å². The zero-order valence-electron chi connectivity index (χ0n) is 14.4. The van der Waals surface area contributed by atoms with Gasteiger partial charge in [0.15, 0.2) is 0 Å². The van der Waals surface area contributed by atoms with E-state index in [0.29, 0.717) is 34.3 Å². The second-order valence-corrected chi connectivity index (χ2v) is 7.43. The molecule has 0 aliphatic heterocycles. The van der Waals surface area contributed by atoms with Gasteiger partial charge in [-0.25, -0.2) is 0 Å². The Bertz CT molecular complexity index is 975. The van der Waals surface area contributed by atoms with Gasteiger partial charge < -0.3 is 10.1 Å². The predicted molar refractivity (Wildman–Crippen MR) is 111 cm³/mol. The second-order valence-electron chi connectivity index (χ2n) is 5.76. The number of methoxy groups -OCH3 is 1. The summed E-state index contributed by atoms with van der Waals surface area (Å²) in [5.41, 5.74) is 2.87. The molecule has 0 fully saturated rings. The van der Waals surface area contributed by atoms with Crippen LogP contribution in [0.1, 0.15) is 15.9 Å². The molecule has 0 bridgehead atoms. The van der Waals surface area contributed by atoms with E-state index in [1.807, 2.05) is 18.2 Å². The predicted octanol–water partition coefficient (Wildman–Crippen LogP) is 5.13. The highest BCUT2D eigenvalue weighted by molar-refractivity contribution is 9.10. The van der Waals surface area contributed by atoms with Gasteiger partial charge in [-0.05, 0) is 52.2 Å². The van der Waals surface area contributed by atoms with Crippen molar-refractivity contribution >= 4 is 45.0 Å². The SMILES string of the molecule is COc1ccc(CCNC(=O)c2cn[nH]c2-c2ccc(Cl)c(Cl)c2)cc1Br. The Labute approximate surface area is 175 Å². The molecule has 8 heteroatoms. The number of rotatable bonds is 6. The van der Waals surface area contributed by atoms with Crippen LogP contribution in [0.25, 0.3) is 11.3 Å². The third-order valence-corrected chi connectivity index (χ3v) is 5.37. The molecule has 5 nitrogen and oxygen atoms in total. The number of benzene rings is 2. The van der Waals surface area contributed by atoms with Gasteiger partial charge in [-0.1, -0.05) is 35.3 Å². The molecule has 2 aromatic carbocycles. The lowest BCUT2D eigenvalue weighted by molar-refractivity contribution is 0.0955. The van der Waals surface area contributed by atoms with Gasteiger partial charge in [0.25, 0.3) is 5.91 Å². The summed E-state index contributed by atoms with van der Waals surface area (Å²) in [7, 11) is 1.62. The number of nitrogens with zero attached hydrogens (tertiary/aromatic N) is 1.